The molecule has 0 amide bonds. The third-order valence-corrected chi connectivity index (χ3v) is 4.42. The maximum atomic E-state index is 3.60. The monoisotopic (exact) mass is 254 g/mol. The van der Waals surface area contributed by atoms with Crippen molar-refractivity contribution in [3.63, 3.8) is 0 Å². The van der Waals surface area contributed by atoms with Crippen LogP contribution in [0.2, 0.25) is 0 Å². The molecule has 1 aliphatic rings. The summed E-state index contributed by atoms with van der Waals surface area (Å²) in [6, 6.07) is 0.675. The second kappa shape index (κ2) is 9.80. The van der Waals surface area contributed by atoms with Crippen molar-refractivity contribution in [2.75, 3.05) is 26.7 Å². The summed E-state index contributed by atoms with van der Waals surface area (Å²) in [6.45, 7) is 8.26. The predicted octanol–water partition coefficient (Wildman–Crippen LogP) is 3.67. The zero-order chi connectivity index (χ0) is 13.2. The summed E-state index contributed by atoms with van der Waals surface area (Å²) in [4.78, 5) is 2.56. The maximum absolute atomic E-state index is 3.60. The van der Waals surface area contributed by atoms with Crippen LogP contribution in [0.25, 0.3) is 0 Å². The zero-order valence-electron chi connectivity index (χ0n) is 12.9. The molecule has 1 unspecified atom stereocenters. The molecule has 2 heteroatoms. The Bertz CT molecular complexity index is 188. The number of likely N-dealkylation sites (N-methyl/N-ethyl adjacent to an activating group) is 1. The Kier molecular flexibility index (Phi) is 8.70. The first-order chi connectivity index (χ1) is 8.74. The minimum absolute atomic E-state index is 0.675. The Morgan fingerprint density at radius 2 is 1.89 bits per heavy atom. The van der Waals surface area contributed by atoms with E-state index in [-0.39, 0.29) is 0 Å². The van der Waals surface area contributed by atoms with Crippen LogP contribution in [0.15, 0.2) is 0 Å². The molecule has 1 saturated carbocycles. The van der Waals surface area contributed by atoms with E-state index < -0.39 is 0 Å². The van der Waals surface area contributed by atoms with E-state index in [0.717, 1.165) is 12.5 Å². The number of hydrogen-bond acceptors (Lipinski definition) is 2. The Labute approximate surface area is 115 Å². The SMILES string of the molecule is CCCCCNCC(C)N(C)CC1CCCCC1. The molecule has 1 N–H and O–H groups in total. The molecule has 0 aromatic carbocycles. The van der Waals surface area contributed by atoms with Gasteiger partial charge in [-0.05, 0) is 45.7 Å². The smallest absolute Gasteiger partial charge is 0.0189 e. The average molecular weight is 254 g/mol. The molecule has 0 heterocycles. The molecule has 0 saturated heterocycles. The maximum Gasteiger partial charge on any atom is 0.0189 e. The van der Waals surface area contributed by atoms with Crippen molar-refractivity contribution in [2.45, 2.75) is 71.3 Å². The summed E-state index contributed by atoms with van der Waals surface area (Å²) in [6.07, 6.45) is 11.3. The highest BCUT2D eigenvalue weighted by molar-refractivity contribution is 4.73. The van der Waals surface area contributed by atoms with Crippen LogP contribution >= 0.6 is 0 Å². The lowest BCUT2D eigenvalue weighted by molar-refractivity contribution is 0.188. The summed E-state index contributed by atoms with van der Waals surface area (Å²) < 4.78 is 0. The van der Waals surface area contributed by atoms with Gasteiger partial charge in [-0.2, -0.15) is 0 Å². The highest BCUT2D eigenvalue weighted by atomic mass is 15.1. The molecule has 0 spiro atoms. The van der Waals surface area contributed by atoms with E-state index in [1.54, 1.807) is 0 Å². The van der Waals surface area contributed by atoms with Gasteiger partial charge in [0.25, 0.3) is 0 Å². The van der Waals surface area contributed by atoms with Gasteiger partial charge in [-0.15, -0.1) is 0 Å². The summed E-state index contributed by atoms with van der Waals surface area (Å²) in [5.74, 6) is 0.964. The Hall–Kier alpha value is -0.0800. The summed E-state index contributed by atoms with van der Waals surface area (Å²) in [7, 11) is 2.30. The molecule has 1 aliphatic carbocycles. The van der Waals surface area contributed by atoms with Crippen LogP contribution in [0.1, 0.15) is 65.2 Å². The highest BCUT2D eigenvalue weighted by Gasteiger charge is 2.17. The van der Waals surface area contributed by atoms with Gasteiger partial charge in [-0.1, -0.05) is 39.0 Å². The number of nitrogens with zero attached hydrogens (tertiary/aromatic N) is 1. The molecule has 18 heavy (non-hydrogen) atoms. The first kappa shape index (κ1) is 16.0. The fourth-order valence-corrected chi connectivity index (χ4v) is 2.92. The van der Waals surface area contributed by atoms with Crippen LogP contribution in [0, 0.1) is 5.92 Å². The van der Waals surface area contributed by atoms with Gasteiger partial charge < -0.3 is 10.2 Å². The van der Waals surface area contributed by atoms with Crippen LogP contribution in [-0.2, 0) is 0 Å². The number of nitrogens with one attached hydrogen (secondary N) is 1. The van der Waals surface area contributed by atoms with Crippen LogP contribution < -0.4 is 5.32 Å². The number of unbranched alkanes of at least 4 members (excludes halogenated alkanes) is 2. The predicted molar refractivity (Wildman–Crippen MR) is 81.1 cm³/mol. The van der Waals surface area contributed by atoms with E-state index in [1.165, 1.54) is 64.5 Å². The first-order valence-corrected chi connectivity index (χ1v) is 8.15. The Morgan fingerprint density at radius 3 is 2.56 bits per heavy atom. The van der Waals surface area contributed by atoms with E-state index in [4.69, 9.17) is 0 Å². The first-order valence-electron chi connectivity index (χ1n) is 8.15. The van der Waals surface area contributed by atoms with E-state index in [9.17, 15) is 0 Å². The molecule has 0 aromatic heterocycles. The van der Waals surface area contributed by atoms with Gasteiger partial charge in [0.1, 0.15) is 0 Å². The van der Waals surface area contributed by atoms with E-state index >= 15 is 0 Å². The topological polar surface area (TPSA) is 15.3 Å². The van der Waals surface area contributed by atoms with Crippen LogP contribution in [0.4, 0.5) is 0 Å². The Morgan fingerprint density at radius 1 is 1.17 bits per heavy atom. The molecule has 108 valence electrons. The van der Waals surface area contributed by atoms with Crippen LogP contribution in [0.3, 0.4) is 0 Å². The van der Waals surface area contributed by atoms with Crippen molar-refractivity contribution in [3.05, 3.63) is 0 Å². The van der Waals surface area contributed by atoms with Gasteiger partial charge >= 0.3 is 0 Å². The van der Waals surface area contributed by atoms with Crippen molar-refractivity contribution in [1.82, 2.24) is 10.2 Å². The Balaban J connectivity index is 2.06. The zero-order valence-corrected chi connectivity index (χ0v) is 12.9. The number of hydrogen-bond donors (Lipinski definition) is 1. The van der Waals surface area contributed by atoms with E-state index in [1.807, 2.05) is 0 Å². The fourth-order valence-electron chi connectivity index (χ4n) is 2.92. The molecule has 1 atom stereocenters. The van der Waals surface area contributed by atoms with Crippen LogP contribution in [0.5, 0.6) is 0 Å². The normalized spacial score (nSPS) is 19.3. The third kappa shape index (κ3) is 6.75. The van der Waals surface area contributed by atoms with Gasteiger partial charge in [-0.3, -0.25) is 0 Å². The lowest BCUT2D eigenvalue weighted by Crippen LogP contribution is -2.40. The molecule has 1 fully saturated rings. The fraction of sp³-hybridized carbons (Fsp3) is 1.00. The summed E-state index contributed by atoms with van der Waals surface area (Å²) >= 11 is 0. The standard InChI is InChI=1S/C16H34N2/c1-4-5-9-12-17-13-15(2)18(3)14-16-10-7-6-8-11-16/h15-17H,4-14H2,1-3H3. The molecular weight excluding hydrogens is 220 g/mol. The minimum atomic E-state index is 0.675. The van der Waals surface area contributed by atoms with Gasteiger partial charge in [-0.25, -0.2) is 0 Å². The molecule has 0 aliphatic heterocycles. The van der Waals surface area contributed by atoms with Crippen molar-refractivity contribution >= 4 is 0 Å². The summed E-state index contributed by atoms with van der Waals surface area (Å²) in [5, 5.41) is 3.60. The molecule has 2 nitrogen and oxygen atoms in total. The van der Waals surface area contributed by atoms with E-state index in [2.05, 4.69) is 31.1 Å². The number of rotatable bonds is 9. The highest BCUT2D eigenvalue weighted by Crippen LogP contribution is 2.24. The molecule has 1 rings (SSSR count). The van der Waals surface area contributed by atoms with Gasteiger partial charge in [0.15, 0.2) is 0 Å². The van der Waals surface area contributed by atoms with Crippen LogP contribution in [-0.4, -0.2) is 37.6 Å². The molecule has 0 bridgehead atoms. The second-order valence-corrected chi connectivity index (χ2v) is 6.20. The lowest BCUT2D eigenvalue weighted by Gasteiger charge is -2.31. The van der Waals surface area contributed by atoms with Crippen molar-refractivity contribution in [3.8, 4) is 0 Å². The quantitative estimate of drug-likeness (QED) is 0.632. The van der Waals surface area contributed by atoms with Crippen molar-refractivity contribution in [2.24, 2.45) is 5.92 Å². The third-order valence-electron chi connectivity index (χ3n) is 4.42. The average Bonchev–Trinajstić information content (AvgIpc) is 2.39. The molecular formula is C16H34N2. The van der Waals surface area contributed by atoms with E-state index in [0.29, 0.717) is 6.04 Å². The van der Waals surface area contributed by atoms with Crippen molar-refractivity contribution in [1.29, 1.82) is 0 Å². The minimum Gasteiger partial charge on any atom is -0.315 e. The van der Waals surface area contributed by atoms with Gasteiger partial charge in [0.2, 0.25) is 0 Å². The summed E-state index contributed by atoms with van der Waals surface area (Å²) in [5.41, 5.74) is 0. The lowest BCUT2D eigenvalue weighted by atomic mass is 9.89. The second-order valence-electron chi connectivity index (χ2n) is 6.20. The molecule has 0 radical (unpaired) electrons. The molecule has 0 aromatic rings. The van der Waals surface area contributed by atoms with Crippen molar-refractivity contribution < 1.29 is 0 Å². The van der Waals surface area contributed by atoms with Gasteiger partial charge in [0, 0.05) is 19.1 Å². The largest absolute Gasteiger partial charge is 0.315 e. The van der Waals surface area contributed by atoms with Gasteiger partial charge in [0.05, 0.1) is 0 Å².